The summed E-state index contributed by atoms with van der Waals surface area (Å²) in [5.74, 6) is 1.97. The molecule has 0 bridgehead atoms. The maximum atomic E-state index is 9.73. The summed E-state index contributed by atoms with van der Waals surface area (Å²) in [6.07, 6.45) is 6.19. The smallest absolute Gasteiger partial charge is 0.217 e. The number of aliphatic imine (C=N–C) groups is 1. The van der Waals surface area contributed by atoms with E-state index in [0.29, 0.717) is 17.4 Å². The van der Waals surface area contributed by atoms with Gasteiger partial charge in [-0.2, -0.15) is 4.99 Å². The highest BCUT2D eigenvalue weighted by Gasteiger charge is 2.25. The van der Waals surface area contributed by atoms with E-state index in [1.807, 2.05) is 43.3 Å². The molecule has 0 spiro atoms. The number of benzene rings is 1. The highest BCUT2D eigenvalue weighted by atomic mass is 16.5. The van der Waals surface area contributed by atoms with E-state index in [1.54, 1.807) is 0 Å². The first-order chi connectivity index (χ1) is 9.69. The molecule has 1 saturated carbocycles. The lowest BCUT2D eigenvalue weighted by molar-refractivity contribution is 0.380. The zero-order valence-corrected chi connectivity index (χ0v) is 11.6. The molecule has 1 aromatic carbocycles. The van der Waals surface area contributed by atoms with Crippen LogP contribution in [0, 0.1) is 5.92 Å². The Balaban J connectivity index is 2.08. The minimum absolute atomic E-state index is 0.255. The molecule has 0 heterocycles. The number of aliphatic hydroxyl groups excluding tert-OH is 1. The molecule has 1 aliphatic carbocycles. The lowest BCUT2D eigenvalue weighted by atomic mass is 10.3. The van der Waals surface area contributed by atoms with Gasteiger partial charge in [0.1, 0.15) is 11.6 Å². The lowest BCUT2D eigenvalue weighted by Gasteiger charge is -2.06. The fourth-order valence-electron chi connectivity index (χ4n) is 1.70. The molecule has 0 radical (unpaired) electrons. The van der Waals surface area contributed by atoms with Gasteiger partial charge in [0.15, 0.2) is 0 Å². The summed E-state index contributed by atoms with van der Waals surface area (Å²) >= 11 is 0. The van der Waals surface area contributed by atoms with Gasteiger partial charge in [0.05, 0.1) is 5.76 Å². The van der Waals surface area contributed by atoms with Crippen LogP contribution in [0.5, 0.6) is 5.75 Å². The maximum Gasteiger partial charge on any atom is 0.217 e. The molecule has 0 amide bonds. The first kappa shape index (κ1) is 14.2. The molecule has 3 N–H and O–H groups in total. The summed E-state index contributed by atoms with van der Waals surface area (Å²) in [7, 11) is 0. The normalized spacial score (nSPS) is 17.1. The quantitative estimate of drug-likeness (QED) is 0.473. The molecule has 1 aromatic rings. The van der Waals surface area contributed by atoms with Gasteiger partial charge in [0, 0.05) is 12.0 Å². The summed E-state index contributed by atoms with van der Waals surface area (Å²) in [5.41, 5.74) is 5.82. The van der Waals surface area contributed by atoms with E-state index in [-0.39, 0.29) is 11.8 Å². The zero-order chi connectivity index (χ0) is 14.4. The number of aliphatic hydroxyl groups is 1. The van der Waals surface area contributed by atoms with Crippen molar-refractivity contribution in [2.45, 2.75) is 26.2 Å². The number of amidine groups is 1. The molecule has 20 heavy (non-hydrogen) atoms. The number of rotatable bonds is 6. The molecule has 4 heteroatoms. The molecule has 0 saturated heterocycles. The van der Waals surface area contributed by atoms with Gasteiger partial charge in [0.2, 0.25) is 5.88 Å². The van der Waals surface area contributed by atoms with Crippen LogP contribution in [0.3, 0.4) is 0 Å². The number of nitrogens with zero attached hydrogens (tertiary/aromatic N) is 1. The summed E-state index contributed by atoms with van der Waals surface area (Å²) in [5, 5.41) is 9.73. The van der Waals surface area contributed by atoms with Gasteiger partial charge in [-0.1, -0.05) is 25.1 Å². The molecule has 0 aromatic heterocycles. The fraction of sp³-hybridized carbons (Fsp3) is 0.312. The van der Waals surface area contributed by atoms with Crippen LogP contribution in [0.1, 0.15) is 26.2 Å². The third kappa shape index (κ3) is 4.46. The topological polar surface area (TPSA) is 67.8 Å². The standard InChI is InChI=1S/C16H20N2O2/c1-2-6-16(20-13-7-4-3-5-8-13)18-15(17)11-14(19)12-9-10-12/h3-8,11-12,19H,2,9-10H2,1H3,(H2,17,18)/b14-11-,16-6-. The summed E-state index contributed by atoms with van der Waals surface area (Å²) in [4.78, 5) is 4.21. The Labute approximate surface area is 119 Å². The number of ether oxygens (including phenoxy) is 1. The van der Waals surface area contributed by atoms with Crippen molar-refractivity contribution < 1.29 is 9.84 Å². The van der Waals surface area contributed by atoms with Crippen molar-refractivity contribution in [2.75, 3.05) is 0 Å². The molecule has 1 fully saturated rings. The van der Waals surface area contributed by atoms with E-state index < -0.39 is 0 Å². The Hall–Kier alpha value is -2.23. The summed E-state index contributed by atoms with van der Waals surface area (Å²) < 4.78 is 5.67. The molecular formula is C16H20N2O2. The predicted octanol–water partition coefficient (Wildman–Crippen LogP) is 3.53. The van der Waals surface area contributed by atoms with Crippen LogP contribution < -0.4 is 10.5 Å². The van der Waals surface area contributed by atoms with Gasteiger partial charge >= 0.3 is 0 Å². The maximum absolute atomic E-state index is 9.73. The third-order valence-corrected chi connectivity index (χ3v) is 2.88. The average molecular weight is 272 g/mol. The average Bonchev–Trinajstić information content (AvgIpc) is 3.24. The van der Waals surface area contributed by atoms with Gasteiger partial charge in [-0.05, 0) is 37.5 Å². The van der Waals surface area contributed by atoms with E-state index in [4.69, 9.17) is 10.5 Å². The minimum atomic E-state index is 0.255. The van der Waals surface area contributed by atoms with Crippen LogP contribution in [-0.2, 0) is 0 Å². The van der Waals surface area contributed by atoms with Crippen molar-refractivity contribution in [1.82, 2.24) is 0 Å². The highest BCUT2D eigenvalue weighted by molar-refractivity contribution is 5.92. The Bertz CT molecular complexity index is 529. The van der Waals surface area contributed by atoms with E-state index in [1.165, 1.54) is 6.08 Å². The van der Waals surface area contributed by atoms with Crippen LogP contribution in [0.25, 0.3) is 0 Å². The van der Waals surface area contributed by atoms with Crippen LogP contribution in [-0.4, -0.2) is 10.9 Å². The van der Waals surface area contributed by atoms with E-state index in [9.17, 15) is 5.11 Å². The van der Waals surface area contributed by atoms with Gasteiger partial charge in [0.25, 0.3) is 0 Å². The molecule has 0 aliphatic heterocycles. The van der Waals surface area contributed by atoms with Gasteiger partial charge < -0.3 is 15.6 Å². The van der Waals surface area contributed by atoms with Crippen molar-refractivity contribution in [1.29, 1.82) is 0 Å². The van der Waals surface area contributed by atoms with Crippen LogP contribution in [0.4, 0.5) is 0 Å². The molecule has 0 atom stereocenters. The van der Waals surface area contributed by atoms with Gasteiger partial charge in [-0.15, -0.1) is 0 Å². The first-order valence-electron chi connectivity index (χ1n) is 6.86. The third-order valence-electron chi connectivity index (χ3n) is 2.88. The van der Waals surface area contributed by atoms with Crippen molar-refractivity contribution in [2.24, 2.45) is 16.6 Å². The lowest BCUT2D eigenvalue weighted by Crippen LogP contribution is -2.11. The first-order valence-corrected chi connectivity index (χ1v) is 6.86. The van der Waals surface area contributed by atoms with Crippen LogP contribution >= 0.6 is 0 Å². The zero-order valence-electron chi connectivity index (χ0n) is 11.6. The summed E-state index contributed by atoms with van der Waals surface area (Å²) in [6, 6.07) is 9.42. The fourth-order valence-corrected chi connectivity index (χ4v) is 1.70. The molecule has 2 rings (SSSR count). The Kier molecular flexibility index (Phi) is 4.82. The second kappa shape index (κ2) is 6.80. The largest absolute Gasteiger partial charge is 0.512 e. The highest BCUT2D eigenvalue weighted by Crippen LogP contribution is 2.34. The molecule has 106 valence electrons. The molecule has 0 unspecified atom stereocenters. The van der Waals surface area contributed by atoms with E-state index in [2.05, 4.69) is 4.99 Å². The van der Waals surface area contributed by atoms with E-state index in [0.717, 1.165) is 19.3 Å². The number of hydrogen-bond acceptors (Lipinski definition) is 3. The predicted molar refractivity (Wildman–Crippen MR) is 80.5 cm³/mol. The van der Waals surface area contributed by atoms with Crippen molar-refractivity contribution in [3.05, 3.63) is 54.1 Å². The number of hydrogen-bond donors (Lipinski definition) is 2. The van der Waals surface area contributed by atoms with Crippen LogP contribution in [0.2, 0.25) is 0 Å². The Morgan fingerprint density at radius 1 is 1.40 bits per heavy atom. The van der Waals surface area contributed by atoms with Crippen molar-refractivity contribution in [3.63, 3.8) is 0 Å². The number of para-hydroxylation sites is 1. The molecular weight excluding hydrogens is 252 g/mol. The number of nitrogens with two attached hydrogens (primary N) is 1. The van der Waals surface area contributed by atoms with Crippen molar-refractivity contribution >= 4 is 5.84 Å². The Morgan fingerprint density at radius 3 is 2.70 bits per heavy atom. The van der Waals surface area contributed by atoms with Crippen molar-refractivity contribution in [3.8, 4) is 5.75 Å². The van der Waals surface area contributed by atoms with Gasteiger partial charge in [-0.25, -0.2) is 0 Å². The monoisotopic (exact) mass is 272 g/mol. The van der Waals surface area contributed by atoms with Gasteiger partial charge in [-0.3, -0.25) is 0 Å². The number of allylic oxidation sites excluding steroid dienone is 2. The van der Waals surface area contributed by atoms with E-state index >= 15 is 0 Å². The van der Waals surface area contributed by atoms with Crippen LogP contribution in [0.15, 0.2) is 59.1 Å². The Morgan fingerprint density at radius 2 is 2.10 bits per heavy atom. The second-order valence-electron chi connectivity index (χ2n) is 4.75. The SMILES string of the molecule is CC/C=C(/N=C(N)/C=C(\O)C1CC1)Oc1ccccc1. The summed E-state index contributed by atoms with van der Waals surface area (Å²) in [6.45, 7) is 2.00. The minimum Gasteiger partial charge on any atom is -0.512 e. The molecule has 1 aliphatic rings. The molecule has 4 nitrogen and oxygen atoms in total. The second-order valence-corrected chi connectivity index (χ2v) is 4.75.